The van der Waals surface area contributed by atoms with E-state index in [9.17, 15) is 0 Å². The van der Waals surface area contributed by atoms with Crippen LogP contribution in [0.25, 0.3) is 47.8 Å². The van der Waals surface area contributed by atoms with E-state index in [1.54, 1.807) is 0 Å². The van der Waals surface area contributed by atoms with Crippen LogP contribution in [0.4, 0.5) is 22.7 Å². The van der Waals surface area contributed by atoms with Crippen LogP contribution in [0.5, 0.6) is 11.5 Å². The summed E-state index contributed by atoms with van der Waals surface area (Å²) in [4.78, 5) is 9.46. The summed E-state index contributed by atoms with van der Waals surface area (Å²) in [5, 5.41) is 4.81. The number of anilines is 4. The molecule has 10 rings (SSSR count). The van der Waals surface area contributed by atoms with Gasteiger partial charge in [0.05, 0.1) is 5.52 Å². The Morgan fingerprint density at radius 3 is 2.16 bits per heavy atom. The van der Waals surface area contributed by atoms with Crippen molar-refractivity contribution in [3.8, 4) is 17.3 Å². The van der Waals surface area contributed by atoms with Crippen molar-refractivity contribution >= 4 is 76.1 Å². The Bertz CT molecular complexity index is 2990. The molecule has 0 saturated carbocycles. The zero-order chi connectivity index (χ0) is 38.3. The van der Waals surface area contributed by atoms with Gasteiger partial charge in [-0.05, 0) is 69.1 Å². The van der Waals surface area contributed by atoms with E-state index in [1.807, 2.05) is 35.7 Å². The van der Waals surface area contributed by atoms with Crippen LogP contribution < -0.4 is 14.5 Å². The van der Waals surface area contributed by atoms with Crippen molar-refractivity contribution in [2.45, 2.75) is 52.4 Å². The Morgan fingerprint density at radius 2 is 1.37 bits per heavy atom. The van der Waals surface area contributed by atoms with Crippen molar-refractivity contribution in [1.82, 2.24) is 9.55 Å². The second-order valence-electron chi connectivity index (χ2n) is 16.6. The molecule has 4 heterocycles. The number of rotatable bonds is 5. The van der Waals surface area contributed by atoms with Crippen LogP contribution in [0.15, 0.2) is 134 Å². The first kappa shape index (κ1) is 37.2. The maximum Gasteiger partial charge on any atom is 0.135 e. The second kappa shape index (κ2) is 13.9. The van der Waals surface area contributed by atoms with E-state index in [4.69, 9.17) is 9.72 Å². The maximum atomic E-state index is 6.65. The molecule has 9 aromatic rings. The van der Waals surface area contributed by atoms with E-state index >= 15 is 0 Å². The summed E-state index contributed by atoms with van der Waals surface area (Å²) < 4.78 is 11.4. The van der Waals surface area contributed by atoms with Crippen molar-refractivity contribution in [3.63, 3.8) is 0 Å². The number of fused-ring (bicyclic) bond motifs is 8. The molecule has 0 unspecified atom stereocenters. The van der Waals surface area contributed by atoms with Crippen LogP contribution in [0.2, 0.25) is 0 Å². The number of aromatic nitrogens is 2. The minimum absolute atomic E-state index is 0. The average molecular weight is 941 g/mol. The molecular weight excluding hydrogens is 900 g/mol. The molecule has 5 nitrogen and oxygen atoms in total. The number of pyridine rings is 1. The molecule has 1 aliphatic rings. The number of nitrogens with zero attached hydrogens (tertiary/aromatic N) is 4. The van der Waals surface area contributed by atoms with Gasteiger partial charge < -0.3 is 19.1 Å². The summed E-state index contributed by atoms with van der Waals surface area (Å²) in [6.07, 6.45) is 1.93. The molecule has 0 fully saturated rings. The van der Waals surface area contributed by atoms with Gasteiger partial charge in [0.15, 0.2) is 0 Å². The summed E-state index contributed by atoms with van der Waals surface area (Å²) >= 11 is 1.82. The fourth-order valence-corrected chi connectivity index (χ4v) is 9.28. The standard InChI is InChI=1S/C50H41N4OS.Pt/c1-49(2,3)33-26-27-51-45(28-33)54-43-30-36(23-24-38(43)48-47(54)46-37-17-8-7-14-32(37)22-25-44(46)56-48)55-35-16-13-15-34(29-35)52-31-53(42-21-12-11-20-41(42)52)40-19-10-9-18-39(40)50(4,5)6;/h7-28,31H,1-6H3;/q-3;. The summed E-state index contributed by atoms with van der Waals surface area (Å²) in [6.45, 7) is 15.7. The van der Waals surface area contributed by atoms with Gasteiger partial charge in [0, 0.05) is 70.6 Å². The van der Waals surface area contributed by atoms with Gasteiger partial charge >= 0.3 is 0 Å². The molecular formula is C50H41N4OPtS-3. The van der Waals surface area contributed by atoms with Crippen LogP contribution in [-0.4, -0.2) is 9.55 Å². The van der Waals surface area contributed by atoms with Crippen molar-refractivity contribution in [2.24, 2.45) is 0 Å². The Balaban J connectivity index is 0.00000422. The molecule has 1 aliphatic heterocycles. The summed E-state index contributed by atoms with van der Waals surface area (Å²) in [7, 11) is 0. The molecule has 0 atom stereocenters. The molecule has 286 valence electrons. The molecule has 0 spiro atoms. The third-order valence-electron chi connectivity index (χ3n) is 10.8. The Labute approximate surface area is 352 Å². The third-order valence-corrected chi connectivity index (χ3v) is 12.0. The van der Waals surface area contributed by atoms with Crippen molar-refractivity contribution in [1.29, 1.82) is 0 Å². The molecule has 0 amide bonds. The Morgan fingerprint density at radius 1 is 0.649 bits per heavy atom. The predicted octanol–water partition coefficient (Wildman–Crippen LogP) is 13.9. The predicted molar refractivity (Wildman–Crippen MR) is 235 cm³/mol. The molecule has 0 bridgehead atoms. The smallest absolute Gasteiger partial charge is 0.135 e. The topological polar surface area (TPSA) is 33.5 Å². The molecule has 7 heteroatoms. The van der Waals surface area contributed by atoms with E-state index in [2.05, 4.69) is 184 Å². The van der Waals surface area contributed by atoms with E-state index in [0.29, 0.717) is 11.5 Å². The summed E-state index contributed by atoms with van der Waals surface area (Å²) in [5.41, 5.74) is 8.78. The van der Waals surface area contributed by atoms with Crippen molar-refractivity contribution in [2.75, 3.05) is 9.80 Å². The zero-order valence-electron chi connectivity index (χ0n) is 32.7. The van der Waals surface area contributed by atoms with Crippen LogP contribution in [0.3, 0.4) is 0 Å². The minimum Gasteiger partial charge on any atom is -0.509 e. The van der Waals surface area contributed by atoms with Gasteiger partial charge in [0.2, 0.25) is 0 Å². The first-order valence-corrected chi connectivity index (χ1v) is 19.9. The van der Waals surface area contributed by atoms with E-state index in [0.717, 1.165) is 45.0 Å². The van der Waals surface area contributed by atoms with Gasteiger partial charge in [-0.3, -0.25) is 0 Å². The largest absolute Gasteiger partial charge is 0.509 e. The van der Waals surface area contributed by atoms with Gasteiger partial charge in [-0.25, -0.2) is 4.98 Å². The van der Waals surface area contributed by atoms with Gasteiger partial charge in [-0.1, -0.05) is 113 Å². The van der Waals surface area contributed by atoms with Crippen LogP contribution in [-0.2, 0) is 31.9 Å². The van der Waals surface area contributed by atoms with E-state index in [1.165, 1.54) is 36.7 Å². The Hall–Kier alpha value is -5.42. The Kier molecular flexibility index (Phi) is 9.06. The number of hydrogen-bond donors (Lipinski definition) is 0. The average Bonchev–Trinajstić information content (AvgIpc) is 3.86. The number of ether oxygens (including phenoxy) is 1. The van der Waals surface area contributed by atoms with Gasteiger partial charge in [-0.15, -0.1) is 54.0 Å². The van der Waals surface area contributed by atoms with Gasteiger partial charge in [-0.2, -0.15) is 12.1 Å². The summed E-state index contributed by atoms with van der Waals surface area (Å²) in [5.74, 6) is 2.10. The van der Waals surface area contributed by atoms with E-state index < -0.39 is 0 Å². The quantitative estimate of drug-likeness (QED) is 0.161. The SMILES string of the molecule is CC(C)(C)c1ccnc(-n2c3[c-]c(Oc4[c-]c(N5[CH-]N(c6ccccc6C(C)(C)C)c6ccccc65)ccc4)ccc3c3sc4ccc5ccccc5c4c32)c1.[Pt]. The molecule has 6 aromatic carbocycles. The number of hydrogen-bond acceptors (Lipinski definition) is 5. The fraction of sp³-hybridized carbons (Fsp3) is 0.160. The van der Waals surface area contributed by atoms with Gasteiger partial charge in [0.25, 0.3) is 0 Å². The second-order valence-corrected chi connectivity index (χ2v) is 17.7. The molecule has 57 heavy (non-hydrogen) atoms. The van der Waals surface area contributed by atoms with Crippen LogP contribution in [0.1, 0.15) is 52.7 Å². The van der Waals surface area contributed by atoms with Crippen LogP contribution in [0, 0.1) is 18.8 Å². The molecule has 0 N–H and O–H groups in total. The summed E-state index contributed by atoms with van der Waals surface area (Å²) in [6, 6.07) is 52.2. The normalized spacial score (nSPS) is 13.2. The molecule has 3 aromatic heterocycles. The molecule has 0 aliphatic carbocycles. The first-order valence-electron chi connectivity index (χ1n) is 19.1. The van der Waals surface area contributed by atoms with E-state index in [-0.39, 0.29) is 31.9 Å². The first-order chi connectivity index (χ1) is 27.0. The number of para-hydroxylation sites is 3. The van der Waals surface area contributed by atoms with Crippen LogP contribution >= 0.6 is 11.3 Å². The van der Waals surface area contributed by atoms with Crippen molar-refractivity contribution in [3.05, 3.63) is 164 Å². The van der Waals surface area contributed by atoms with Crippen molar-refractivity contribution < 1.29 is 25.8 Å². The number of thiophene rings is 1. The fourth-order valence-electron chi connectivity index (χ4n) is 8.05. The molecule has 0 saturated heterocycles. The molecule has 0 radical (unpaired) electrons. The van der Waals surface area contributed by atoms with Gasteiger partial charge in [0.1, 0.15) is 5.82 Å². The third kappa shape index (κ3) is 6.31. The zero-order valence-corrected chi connectivity index (χ0v) is 35.8. The number of benzene rings is 6. The minimum atomic E-state index is -0.0394. The monoisotopic (exact) mass is 940 g/mol. The maximum absolute atomic E-state index is 6.65.